The molecule has 2 aromatic rings. The molecule has 0 heterocycles. The Hall–Kier alpha value is -3.03. The molecule has 0 radical (unpaired) electrons. The molecule has 7 nitrogen and oxygen atoms in total. The Morgan fingerprint density at radius 1 is 1.37 bits per heavy atom. The van der Waals surface area contributed by atoms with Gasteiger partial charge in [0.05, 0.1) is 18.6 Å². The number of carboxylic acids is 1. The number of hydrogen-bond donors (Lipinski definition) is 4. The zero-order valence-corrected chi connectivity index (χ0v) is 17.6. The van der Waals surface area contributed by atoms with Gasteiger partial charge in [0.25, 0.3) is 0 Å². The molecule has 0 aliphatic heterocycles. The number of ether oxygens (including phenoxy) is 1. The van der Waals surface area contributed by atoms with Crippen molar-refractivity contribution in [3.63, 3.8) is 0 Å². The maximum atomic E-state index is 12.0. The summed E-state index contributed by atoms with van der Waals surface area (Å²) in [4.78, 5) is 12.0. The number of hydrogen-bond acceptors (Lipinski definition) is 6. The number of halogens is 1. The average molecular weight is 433 g/mol. The van der Waals surface area contributed by atoms with Gasteiger partial charge in [0.15, 0.2) is 0 Å². The van der Waals surface area contributed by atoms with E-state index in [0.29, 0.717) is 35.4 Å². The third-order valence-electron chi connectivity index (χ3n) is 4.42. The third kappa shape index (κ3) is 6.23. The van der Waals surface area contributed by atoms with Gasteiger partial charge in [0.1, 0.15) is 18.2 Å². The van der Waals surface area contributed by atoms with E-state index in [1.54, 1.807) is 36.4 Å². The van der Waals surface area contributed by atoms with Crippen LogP contribution in [0.5, 0.6) is 5.75 Å². The van der Waals surface area contributed by atoms with Crippen molar-refractivity contribution >= 4 is 29.9 Å². The van der Waals surface area contributed by atoms with Gasteiger partial charge in [0.2, 0.25) is 0 Å². The van der Waals surface area contributed by atoms with E-state index in [4.69, 9.17) is 15.9 Å². The Morgan fingerprint density at radius 2 is 2.03 bits per heavy atom. The van der Waals surface area contributed by atoms with Gasteiger partial charge in [-0.2, -0.15) is 0 Å². The number of aliphatic carboxylic acids is 1. The minimum absolute atomic E-state index is 0. The lowest BCUT2D eigenvalue weighted by Crippen LogP contribution is -2.35. The number of carbonyl (C=O) groups excluding carboxylic acids is 1. The number of amidine groups is 1. The predicted octanol–water partition coefficient (Wildman–Crippen LogP) is 1.96. The summed E-state index contributed by atoms with van der Waals surface area (Å²) < 4.78 is 5.72. The SMILES string of the molecule is C=CCc1cc(CC)cc(C(Nc2ccc(C(=N)N)cc2)C(=O)[O-])c1OCCO.Cl. The summed E-state index contributed by atoms with van der Waals surface area (Å²) in [5.74, 6) is -0.983. The van der Waals surface area contributed by atoms with Crippen LogP contribution in [0.2, 0.25) is 0 Å². The van der Waals surface area contributed by atoms with Gasteiger partial charge < -0.3 is 30.8 Å². The fourth-order valence-electron chi connectivity index (χ4n) is 3.01. The molecule has 0 aromatic heterocycles. The second kappa shape index (κ2) is 11.8. The van der Waals surface area contributed by atoms with E-state index in [0.717, 1.165) is 11.1 Å². The molecule has 162 valence electrons. The summed E-state index contributed by atoms with van der Waals surface area (Å²) in [6, 6.07) is 9.10. The molecule has 2 rings (SSSR count). The quantitative estimate of drug-likeness (QED) is 0.244. The molecular formula is C22H27ClN3O4-. The lowest BCUT2D eigenvalue weighted by atomic mass is 9.95. The van der Waals surface area contributed by atoms with E-state index in [1.807, 2.05) is 13.0 Å². The van der Waals surface area contributed by atoms with Crippen LogP contribution >= 0.6 is 12.4 Å². The summed E-state index contributed by atoms with van der Waals surface area (Å²) >= 11 is 0. The van der Waals surface area contributed by atoms with Crippen molar-refractivity contribution in [2.24, 2.45) is 5.73 Å². The van der Waals surface area contributed by atoms with E-state index in [2.05, 4.69) is 11.9 Å². The molecule has 0 fully saturated rings. The van der Waals surface area contributed by atoms with Crippen LogP contribution in [0.4, 0.5) is 5.69 Å². The number of nitrogens with one attached hydrogen (secondary N) is 2. The van der Waals surface area contributed by atoms with Crippen molar-refractivity contribution in [3.8, 4) is 5.75 Å². The number of benzene rings is 2. The number of aliphatic hydroxyl groups is 1. The molecule has 0 amide bonds. The molecule has 1 unspecified atom stereocenters. The van der Waals surface area contributed by atoms with Crippen molar-refractivity contribution in [2.45, 2.75) is 25.8 Å². The average Bonchev–Trinajstić information content (AvgIpc) is 2.71. The molecule has 0 saturated carbocycles. The maximum absolute atomic E-state index is 12.0. The van der Waals surface area contributed by atoms with E-state index in [-0.39, 0.29) is 31.5 Å². The lowest BCUT2D eigenvalue weighted by molar-refractivity contribution is -0.307. The standard InChI is InChI=1S/C22H27N3O4.ClH/c1-3-5-16-12-14(4-2)13-18(20(16)29-11-10-26)19(22(27)28)25-17-8-6-15(7-9-17)21(23)24;/h3,6-9,12-13,19,25-26H,1,4-5,10-11H2,2H3,(H3,23,24)(H,27,28);1H/p-1. The molecule has 1 atom stereocenters. The van der Waals surface area contributed by atoms with Gasteiger partial charge in [-0.3, -0.25) is 5.41 Å². The predicted molar refractivity (Wildman–Crippen MR) is 118 cm³/mol. The van der Waals surface area contributed by atoms with Crippen molar-refractivity contribution in [2.75, 3.05) is 18.5 Å². The number of aryl methyl sites for hydroxylation is 1. The summed E-state index contributed by atoms with van der Waals surface area (Å²) in [5.41, 5.74) is 8.70. The van der Waals surface area contributed by atoms with Crippen molar-refractivity contribution in [1.82, 2.24) is 0 Å². The Labute approximate surface area is 182 Å². The number of carbonyl (C=O) groups is 1. The minimum atomic E-state index is -1.31. The van der Waals surface area contributed by atoms with Crippen molar-refractivity contribution < 1.29 is 19.7 Å². The topological polar surface area (TPSA) is 131 Å². The van der Waals surface area contributed by atoms with Crippen LogP contribution in [0.1, 0.15) is 35.2 Å². The zero-order valence-electron chi connectivity index (χ0n) is 16.8. The van der Waals surface area contributed by atoms with Crippen LogP contribution in [0.15, 0.2) is 49.1 Å². The maximum Gasteiger partial charge on any atom is 0.128 e. The highest BCUT2D eigenvalue weighted by atomic mass is 35.5. The van der Waals surface area contributed by atoms with Crippen LogP contribution in [0.25, 0.3) is 0 Å². The smallest absolute Gasteiger partial charge is 0.128 e. The van der Waals surface area contributed by atoms with Crippen LogP contribution in [-0.4, -0.2) is 30.1 Å². The van der Waals surface area contributed by atoms with Crippen LogP contribution in [0.3, 0.4) is 0 Å². The van der Waals surface area contributed by atoms with Gasteiger partial charge in [-0.15, -0.1) is 19.0 Å². The Kier molecular flexibility index (Phi) is 9.88. The second-order valence-electron chi connectivity index (χ2n) is 6.48. The largest absolute Gasteiger partial charge is 0.548 e. The fourth-order valence-corrected chi connectivity index (χ4v) is 3.01. The third-order valence-corrected chi connectivity index (χ3v) is 4.42. The summed E-state index contributed by atoms with van der Waals surface area (Å²) in [5, 5.41) is 31.6. The molecule has 0 spiro atoms. The van der Waals surface area contributed by atoms with Gasteiger partial charge >= 0.3 is 0 Å². The first-order valence-electron chi connectivity index (χ1n) is 9.33. The molecule has 0 bridgehead atoms. The fraction of sp³-hybridized carbons (Fsp3) is 0.273. The van der Waals surface area contributed by atoms with Crippen molar-refractivity contribution in [1.29, 1.82) is 5.41 Å². The molecule has 0 aliphatic carbocycles. The summed E-state index contributed by atoms with van der Waals surface area (Å²) in [6.45, 7) is 5.58. The monoisotopic (exact) mass is 432 g/mol. The first-order chi connectivity index (χ1) is 13.9. The number of nitrogens with two attached hydrogens (primary N) is 1. The first-order valence-corrected chi connectivity index (χ1v) is 9.33. The van der Waals surface area contributed by atoms with Crippen LogP contribution < -0.4 is 20.9 Å². The molecule has 8 heteroatoms. The van der Waals surface area contributed by atoms with Gasteiger partial charge in [-0.25, -0.2) is 0 Å². The summed E-state index contributed by atoms with van der Waals surface area (Å²) in [7, 11) is 0. The zero-order chi connectivity index (χ0) is 21.4. The Bertz CT molecular complexity index is 885. The summed E-state index contributed by atoms with van der Waals surface area (Å²) in [6.07, 6.45) is 2.92. The van der Waals surface area contributed by atoms with E-state index < -0.39 is 12.0 Å². The van der Waals surface area contributed by atoms with Crippen LogP contribution in [0, 0.1) is 5.41 Å². The first kappa shape index (κ1) is 25.0. The van der Waals surface area contributed by atoms with E-state index >= 15 is 0 Å². The van der Waals surface area contributed by atoms with Crippen molar-refractivity contribution in [3.05, 3.63) is 71.3 Å². The molecule has 5 N–H and O–H groups in total. The second-order valence-corrected chi connectivity index (χ2v) is 6.48. The number of rotatable bonds is 11. The highest BCUT2D eigenvalue weighted by Crippen LogP contribution is 2.34. The van der Waals surface area contributed by atoms with E-state index in [9.17, 15) is 15.0 Å². The highest BCUT2D eigenvalue weighted by Gasteiger charge is 2.21. The highest BCUT2D eigenvalue weighted by molar-refractivity contribution is 5.95. The van der Waals surface area contributed by atoms with E-state index in [1.165, 1.54) is 0 Å². The lowest BCUT2D eigenvalue weighted by Gasteiger charge is -2.26. The Morgan fingerprint density at radius 3 is 2.53 bits per heavy atom. The number of nitrogen functional groups attached to an aromatic ring is 1. The molecule has 0 saturated heterocycles. The molecule has 2 aromatic carbocycles. The van der Waals surface area contributed by atoms with Gasteiger partial charge in [0, 0.05) is 16.8 Å². The molecule has 0 aliphatic rings. The Balaban J connectivity index is 0.00000450. The van der Waals surface area contributed by atoms with Gasteiger partial charge in [-0.05, 0) is 54.3 Å². The number of anilines is 1. The molecule has 30 heavy (non-hydrogen) atoms. The number of aliphatic hydroxyl groups excluding tert-OH is 1. The molecular weight excluding hydrogens is 406 g/mol. The normalized spacial score (nSPS) is 11.1. The number of allylic oxidation sites excluding steroid dienone is 1. The minimum Gasteiger partial charge on any atom is -0.548 e. The van der Waals surface area contributed by atoms with Crippen LogP contribution in [-0.2, 0) is 17.6 Å². The van der Waals surface area contributed by atoms with Gasteiger partial charge in [-0.1, -0.05) is 19.1 Å². The number of carboxylic acid groups (broad SMARTS) is 1.